The molecule has 0 saturated carbocycles. The van der Waals surface area contributed by atoms with E-state index < -0.39 is 0 Å². The van der Waals surface area contributed by atoms with Crippen LogP contribution in [0.15, 0.2) is 24.3 Å². The van der Waals surface area contributed by atoms with Crippen molar-refractivity contribution in [2.75, 3.05) is 32.2 Å². The SMILES string of the molecule is COC(C)(C)CCOCCNc1ccccc1C. The lowest BCUT2D eigenvalue weighted by Crippen LogP contribution is -2.25. The fraction of sp³-hybridized carbons (Fsp3) is 0.600. The van der Waals surface area contributed by atoms with E-state index >= 15 is 0 Å². The molecule has 0 atom stereocenters. The number of hydrogen-bond donors (Lipinski definition) is 1. The topological polar surface area (TPSA) is 30.5 Å². The smallest absolute Gasteiger partial charge is 0.0644 e. The normalized spacial score (nSPS) is 11.6. The molecule has 0 saturated heterocycles. The molecule has 1 aromatic carbocycles. The zero-order chi connectivity index (χ0) is 13.4. The van der Waals surface area contributed by atoms with Crippen LogP contribution in [0, 0.1) is 6.92 Å². The summed E-state index contributed by atoms with van der Waals surface area (Å²) in [5.74, 6) is 0. The zero-order valence-corrected chi connectivity index (χ0v) is 12.0. The molecule has 0 aromatic heterocycles. The van der Waals surface area contributed by atoms with Crippen LogP contribution in [-0.2, 0) is 9.47 Å². The summed E-state index contributed by atoms with van der Waals surface area (Å²) in [5.41, 5.74) is 2.35. The summed E-state index contributed by atoms with van der Waals surface area (Å²) in [5, 5.41) is 3.37. The summed E-state index contributed by atoms with van der Waals surface area (Å²) in [6, 6.07) is 8.27. The summed E-state index contributed by atoms with van der Waals surface area (Å²) in [4.78, 5) is 0. The standard InChI is InChI=1S/C15H25NO2/c1-13-7-5-6-8-14(13)16-10-12-18-11-9-15(2,3)17-4/h5-8,16H,9-12H2,1-4H3. The van der Waals surface area contributed by atoms with Crippen molar-refractivity contribution in [2.24, 2.45) is 0 Å². The van der Waals surface area contributed by atoms with Crippen LogP contribution >= 0.6 is 0 Å². The molecule has 0 aliphatic heterocycles. The Labute approximate surface area is 110 Å². The number of rotatable bonds is 8. The third-order valence-electron chi connectivity index (χ3n) is 3.11. The largest absolute Gasteiger partial charge is 0.383 e. The van der Waals surface area contributed by atoms with Crippen molar-refractivity contribution in [1.82, 2.24) is 0 Å². The second-order valence-electron chi connectivity index (χ2n) is 5.07. The minimum atomic E-state index is -0.0938. The van der Waals surface area contributed by atoms with Gasteiger partial charge in [0.25, 0.3) is 0 Å². The second kappa shape index (κ2) is 7.39. The Bertz CT molecular complexity index is 350. The van der Waals surface area contributed by atoms with Gasteiger partial charge in [-0.15, -0.1) is 0 Å². The van der Waals surface area contributed by atoms with E-state index in [0.29, 0.717) is 6.61 Å². The van der Waals surface area contributed by atoms with Gasteiger partial charge in [0.05, 0.1) is 12.2 Å². The van der Waals surface area contributed by atoms with Crippen LogP contribution < -0.4 is 5.32 Å². The van der Waals surface area contributed by atoms with Crippen molar-refractivity contribution in [3.05, 3.63) is 29.8 Å². The molecule has 3 nitrogen and oxygen atoms in total. The Kier molecular flexibility index (Phi) is 6.16. The van der Waals surface area contributed by atoms with E-state index in [-0.39, 0.29) is 5.60 Å². The molecule has 0 heterocycles. The maximum absolute atomic E-state index is 5.59. The monoisotopic (exact) mass is 251 g/mol. The number of methoxy groups -OCH3 is 1. The van der Waals surface area contributed by atoms with Gasteiger partial charge >= 0.3 is 0 Å². The maximum atomic E-state index is 5.59. The third kappa shape index (κ3) is 5.52. The Hall–Kier alpha value is -1.06. The van der Waals surface area contributed by atoms with Crippen molar-refractivity contribution >= 4 is 5.69 Å². The predicted octanol–water partition coefficient (Wildman–Crippen LogP) is 3.24. The highest BCUT2D eigenvalue weighted by molar-refractivity contribution is 5.50. The minimum Gasteiger partial charge on any atom is -0.383 e. The fourth-order valence-electron chi connectivity index (χ4n) is 1.55. The number of aryl methyl sites for hydroxylation is 1. The van der Waals surface area contributed by atoms with E-state index in [4.69, 9.17) is 9.47 Å². The lowest BCUT2D eigenvalue weighted by molar-refractivity contribution is -0.00856. The first-order valence-electron chi connectivity index (χ1n) is 6.47. The average molecular weight is 251 g/mol. The molecule has 0 unspecified atom stereocenters. The zero-order valence-electron chi connectivity index (χ0n) is 12.0. The molecule has 0 radical (unpaired) electrons. The number of anilines is 1. The molecule has 18 heavy (non-hydrogen) atoms. The molecule has 0 aliphatic rings. The summed E-state index contributed by atoms with van der Waals surface area (Å²) in [7, 11) is 1.74. The number of ether oxygens (including phenoxy) is 2. The van der Waals surface area contributed by atoms with Crippen molar-refractivity contribution in [1.29, 1.82) is 0 Å². The van der Waals surface area contributed by atoms with Gasteiger partial charge in [0.1, 0.15) is 0 Å². The molecule has 1 aromatic rings. The van der Waals surface area contributed by atoms with Crippen LogP contribution in [0.2, 0.25) is 0 Å². The fourth-order valence-corrected chi connectivity index (χ4v) is 1.55. The van der Waals surface area contributed by atoms with Crippen molar-refractivity contribution in [2.45, 2.75) is 32.8 Å². The average Bonchev–Trinajstić information content (AvgIpc) is 2.35. The summed E-state index contributed by atoms with van der Waals surface area (Å²) < 4.78 is 10.9. The van der Waals surface area contributed by atoms with Crippen LogP contribution in [0.3, 0.4) is 0 Å². The van der Waals surface area contributed by atoms with E-state index in [2.05, 4.69) is 38.2 Å². The first-order valence-corrected chi connectivity index (χ1v) is 6.47. The Morgan fingerprint density at radius 3 is 2.56 bits per heavy atom. The molecule has 3 heteroatoms. The van der Waals surface area contributed by atoms with Gasteiger partial charge in [-0.25, -0.2) is 0 Å². The number of hydrogen-bond acceptors (Lipinski definition) is 3. The molecular weight excluding hydrogens is 226 g/mol. The molecule has 0 fully saturated rings. The van der Waals surface area contributed by atoms with Gasteiger partial charge in [0, 0.05) is 25.9 Å². The van der Waals surface area contributed by atoms with Gasteiger partial charge in [0.2, 0.25) is 0 Å². The summed E-state index contributed by atoms with van der Waals surface area (Å²) in [6.45, 7) is 8.52. The van der Waals surface area contributed by atoms with E-state index in [1.807, 2.05) is 12.1 Å². The van der Waals surface area contributed by atoms with Gasteiger partial charge in [0.15, 0.2) is 0 Å². The second-order valence-corrected chi connectivity index (χ2v) is 5.07. The summed E-state index contributed by atoms with van der Waals surface area (Å²) in [6.07, 6.45) is 0.911. The van der Waals surface area contributed by atoms with E-state index in [1.165, 1.54) is 11.3 Å². The molecular formula is C15H25NO2. The van der Waals surface area contributed by atoms with Crippen LogP contribution in [0.4, 0.5) is 5.69 Å². The Morgan fingerprint density at radius 1 is 1.17 bits per heavy atom. The first kappa shape index (κ1) is 15.0. The maximum Gasteiger partial charge on any atom is 0.0644 e. The number of nitrogens with one attached hydrogen (secondary N) is 1. The molecule has 1 N–H and O–H groups in total. The highest BCUT2D eigenvalue weighted by atomic mass is 16.5. The van der Waals surface area contributed by atoms with E-state index in [0.717, 1.165) is 19.6 Å². The van der Waals surface area contributed by atoms with Gasteiger partial charge in [-0.3, -0.25) is 0 Å². The predicted molar refractivity (Wildman–Crippen MR) is 76.2 cm³/mol. The van der Waals surface area contributed by atoms with Gasteiger partial charge in [-0.2, -0.15) is 0 Å². The van der Waals surface area contributed by atoms with E-state index in [9.17, 15) is 0 Å². The molecule has 0 spiro atoms. The van der Waals surface area contributed by atoms with Gasteiger partial charge in [-0.1, -0.05) is 18.2 Å². The van der Waals surface area contributed by atoms with Gasteiger partial charge in [-0.05, 0) is 38.8 Å². The molecule has 0 aliphatic carbocycles. The first-order chi connectivity index (χ1) is 8.55. The van der Waals surface area contributed by atoms with Crippen molar-refractivity contribution in [3.8, 4) is 0 Å². The number of benzene rings is 1. The van der Waals surface area contributed by atoms with Crippen LogP contribution in [-0.4, -0.2) is 32.5 Å². The highest BCUT2D eigenvalue weighted by Crippen LogP contribution is 2.13. The molecule has 0 bridgehead atoms. The minimum absolute atomic E-state index is 0.0938. The highest BCUT2D eigenvalue weighted by Gasteiger charge is 2.15. The van der Waals surface area contributed by atoms with E-state index in [1.54, 1.807) is 7.11 Å². The number of para-hydroxylation sites is 1. The Morgan fingerprint density at radius 2 is 1.89 bits per heavy atom. The summed E-state index contributed by atoms with van der Waals surface area (Å²) >= 11 is 0. The quantitative estimate of drug-likeness (QED) is 0.719. The van der Waals surface area contributed by atoms with Crippen LogP contribution in [0.25, 0.3) is 0 Å². The van der Waals surface area contributed by atoms with Crippen molar-refractivity contribution < 1.29 is 9.47 Å². The lowest BCUT2D eigenvalue weighted by atomic mass is 10.1. The lowest BCUT2D eigenvalue weighted by Gasteiger charge is -2.22. The molecule has 0 amide bonds. The van der Waals surface area contributed by atoms with Crippen LogP contribution in [0.1, 0.15) is 25.8 Å². The molecule has 102 valence electrons. The Balaban J connectivity index is 2.11. The van der Waals surface area contributed by atoms with Crippen LogP contribution in [0.5, 0.6) is 0 Å². The molecule has 1 rings (SSSR count). The van der Waals surface area contributed by atoms with Gasteiger partial charge < -0.3 is 14.8 Å². The van der Waals surface area contributed by atoms with Crippen molar-refractivity contribution in [3.63, 3.8) is 0 Å². The third-order valence-corrected chi connectivity index (χ3v) is 3.11.